The topological polar surface area (TPSA) is 57.3 Å². The van der Waals surface area contributed by atoms with Gasteiger partial charge in [-0.3, -0.25) is 0 Å². The van der Waals surface area contributed by atoms with Crippen molar-refractivity contribution in [3.05, 3.63) is 42.4 Å². The zero-order chi connectivity index (χ0) is 11.4. The van der Waals surface area contributed by atoms with Gasteiger partial charge in [-0.15, -0.1) is 0 Å². The van der Waals surface area contributed by atoms with Crippen LogP contribution >= 0.6 is 0 Å². The van der Waals surface area contributed by atoms with Crippen LogP contribution in [0.3, 0.4) is 0 Å². The molecule has 84 valence electrons. The fourth-order valence-corrected chi connectivity index (χ4v) is 1.39. The molecule has 0 aromatic carbocycles. The van der Waals surface area contributed by atoms with E-state index in [-0.39, 0.29) is 0 Å². The monoisotopic (exact) mass is 220 g/mol. The maximum Gasteiger partial charge on any atom is 0.374 e. The van der Waals surface area contributed by atoms with Gasteiger partial charge in [0.1, 0.15) is 5.76 Å². The van der Waals surface area contributed by atoms with Crippen LogP contribution in [0.15, 0.2) is 35.2 Å². The van der Waals surface area contributed by atoms with Crippen molar-refractivity contribution in [2.24, 2.45) is 0 Å². The highest BCUT2D eigenvalue weighted by atomic mass is 16.5. The number of esters is 1. The maximum atomic E-state index is 11.5. The lowest BCUT2D eigenvalue weighted by molar-refractivity contribution is 0.0507. The van der Waals surface area contributed by atoms with Gasteiger partial charge in [-0.1, -0.05) is 0 Å². The first kappa shape index (κ1) is 10.5. The number of nitrogens with zero attached hydrogens (tertiary/aromatic N) is 2. The number of carbonyl (C=O) groups is 1. The molecule has 16 heavy (non-hydrogen) atoms. The van der Waals surface area contributed by atoms with Gasteiger partial charge in [-0.05, 0) is 19.1 Å². The lowest BCUT2D eigenvalue weighted by atomic mass is 10.4. The number of hydrogen-bond donors (Lipinski definition) is 0. The van der Waals surface area contributed by atoms with E-state index in [9.17, 15) is 4.79 Å². The summed E-state index contributed by atoms with van der Waals surface area (Å²) in [6, 6.07) is 3.64. The molecule has 0 aliphatic heterocycles. The molecule has 0 saturated carbocycles. The van der Waals surface area contributed by atoms with E-state index in [1.807, 2.05) is 6.07 Å². The second-order valence-electron chi connectivity index (χ2n) is 3.18. The molecule has 2 rings (SSSR count). The summed E-state index contributed by atoms with van der Waals surface area (Å²) in [5.41, 5.74) is 0. The number of carbonyl (C=O) groups excluding carboxylic acids is 1. The average molecular weight is 220 g/mol. The number of furan rings is 1. The van der Waals surface area contributed by atoms with Crippen LogP contribution in [0.25, 0.3) is 0 Å². The van der Waals surface area contributed by atoms with Gasteiger partial charge in [-0.25, -0.2) is 9.78 Å². The van der Waals surface area contributed by atoms with E-state index in [0.29, 0.717) is 19.0 Å². The van der Waals surface area contributed by atoms with Gasteiger partial charge in [0.05, 0.1) is 19.4 Å². The second-order valence-corrected chi connectivity index (χ2v) is 3.18. The summed E-state index contributed by atoms with van der Waals surface area (Å²) in [5, 5.41) is 0. The van der Waals surface area contributed by atoms with Crippen LogP contribution in [0.5, 0.6) is 0 Å². The van der Waals surface area contributed by atoms with Crippen molar-refractivity contribution in [1.82, 2.24) is 9.55 Å². The van der Waals surface area contributed by atoms with Crippen LogP contribution in [0, 0.1) is 0 Å². The lowest BCUT2D eigenvalue weighted by Gasteiger charge is -2.04. The Kier molecular flexibility index (Phi) is 3.05. The van der Waals surface area contributed by atoms with Gasteiger partial charge in [0.2, 0.25) is 5.82 Å². The fourth-order valence-electron chi connectivity index (χ4n) is 1.39. The first-order valence-corrected chi connectivity index (χ1v) is 5.02. The van der Waals surface area contributed by atoms with Crippen molar-refractivity contribution in [2.45, 2.75) is 13.5 Å². The normalized spacial score (nSPS) is 10.3. The van der Waals surface area contributed by atoms with E-state index in [2.05, 4.69) is 4.98 Å². The Hall–Kier alpha value is -2.04. The van der Waals surface area contributed by atoms with E-state index in [0.717, 1.165) is 5.76 Å². The highest BCUT2D eigenvalue weighted by Crippen LogP contribution is 2.07. The number of aromatic nitrogens is 2. The number of rotatable bonds is 4. The van der Waals surface area contributed by atoms with Crippen molar-refractivity contribution in [2.75, 3.05) is 6.61 Å². The summed E-state index contributed by atoms with van der Waals surface area (Å²) in [6.45, 7) is 2.57. The van der Waals surface area contributed by atoms with E-state index in [1.54, 1.807) is 36.2 Å². The Morgan fingerprint density at radius 3 is 3.19 bits per heavy atom. The highest BCUT2D eigenvalue weighted by Gasteiger charge is 2.14. The first-order valence-electron chi connectivity index (χ1n) is 5.02. The molecule has 0 aliphatic rings. The standard InChI is InChI=1S/C11H12N2O3/c1-2-15-11(14)10-12-5-6-13(10)8-9-4-3-7-16-9/h3-7H,2,8H2,1H3. The maximum absolute atomic E-state index is 11.5. The van der Waals surface area contributed by atoms with Gasteiger partial charge in [0.15, 0.2) is 0 Å². The van der Waals surface area contributed by atoms with E-state index >= 15 is 0 Å². The molecule has 0 saturated heterocycles. The Bertz CT molecular complexity index is 459. The highest BCUT2D eigenvalue weighted by molar-refractivity contribution is 5.85. The van der Waals surface area contributed by atoms with Gasteiger partial charge in [-0.2, -0.15) is 0 Å². The number of imidazole rings is 1. The van der Waals surface area contributed by atoms with Crippen LogP contribution in [-0.2, 0) is 11.3 Å². The molecule has 5 nitrogen and oxygen atoms in total. The Balaban J connectivity index is 2.16. The quantitative estimate of drug-likeness (QED) is 0.736. The summed E-state index contributed by atoms with van der Waals surface area (Å²) in [4.78, 5) is 15.5. The molecular formula is C11H12N2O3. The molecule has 0 amide bonds. The third-order valence-corrected chi connectivity index (χ3v) is 2.08. The van der Waals surface area contributed by atoms with Crippen LogP contribution in [0.1, 0.15) is 23.3 Å². The molecule has 2 aromatic heterocycles. The summed E-state index contributed by atoms with van der Waals surface area (Å²) < 4.78 is 11.8. The number of hydrogen-bond acceptors (Lipinski definition) is 4. The van der Waals surface area contributed by atoms with Gasteiger partial charge >= 0.3 is 5.97 Å². The SMILES string of the molecule is CCOC(=O)c1nccn1Cc1ccco1. The molecule has 0 aliphatic carbocycles. The van der Waals surface area contributed by atoms with Crippen molar-refractivity contribution in [3.63, 3.8) is 0 Å². The summed E-state index contributed by atoms with van der Waals surface area (Å²) >= 11 is 0. The molecule has 0 fully saturated rings. The average Bonchev–Trinajstić information content (AvgIpc) is 2.90. The zero-order valence-electron chi connectivity index (χ0n) is 8.92. The first-order chi connectivity index (χ1) is 7.81. The Morgan fingerprint density at radius 2 is 2.50 bits per heavy atom. The van der Waals surface area contributed by atoms with E-state index < -0.39 is 5.97 Å². The summed E-state index contributed by atoms with van der Waals surface area (Å²) in [5.74, 6) is 0.640. The van der Waals surface area contributed by atoms with Gasteiger partial charge in [0.25, 0.3) is 0 Å². The summed E-state index contributed by atoms with van der Waals surface area (Å²) in [7, 11) is 0. The fraction of sp³-hybridized carbons (Fsp3) is 0.273. The molecule has 5 heteroatoms. The van der Waals surface area contributed by atoms with Crippen molar-refractivity contribution < 1.29 is 13.9 Å². The molecule has 0 bridgehead atoms. The van der Waals surface area contributed by atoms with Crippen LogP contribution in [0.2, 0.25) is 0 Å². The van der Waals surface area contributed by atoms with Crippen molar-refractivity contribution in [1.29, 1.82) is 0 Å². The predicted molar refractivity (Wildman–Crippen MR) is 56.0 cm³/mol. The molecule has 0 spiro atoms. The molecule has 0 atom stereocenters. The van der Waals surface area contributed by atoms with Crippen LogP contribution in [-0.4, -0.2) is 22.1 Å². The largest absolute Gasteiger partial charge is 0.467 e. The van der Waals surface area contributed by atoms with E-state index in [4.69, 9.17) is 9.15 Å². The third kappa shape index (κ3) is 2.13. The smallest absolute Gasteiger partial charge is 0.374 e. The van der Waals surface area contributed by atoms with Crippen LogP contribution < -0.4 is 0 Å². The Labute approximate surface area is 92.7 Å². The van der Waals surface area contributed by atoms with Gasteiger partial charge < -0.3 is 13.7 Å². The Morgan fingerprint density at radius 1 is 1.62 bits per heavy atom. The zero-order valence-corrected chi connectivity index (χ0v) is 8.92. The predicted octanol–water partition coefficient (Wildman–Crippen LogP) is 1.70. The number of ether oxygens (including phenoxy) is 1. The third-order valence-electron chi connectivity index (χ3n) is 2.08. The van der Waals surface area contributed by atoms with Crippen molar-refractivity contribution >= 4 is 5.97 Å². The molecule has 0 radical (unpaired) electrons. The minimum Gasteiger partial charge on any atom is -0.467 e. The molecule has 0 N–H and O–H groups in total. The molecule has 0 unspecified atom stereocenters. The minimum absolute atomic E-state index is 0.290. The van der Waals surface area contributed by atoms with Gasteiger partial charge in [0, 0.05) is 12.4 Å². The minimum atomic E-state index is -0.418. The van der Waals surface area contributed by atoms with Crippen LogP contribution in [0.4, 0.5) is 0 Å². The summed E-state index contributed by atoms with van der Waals surface area (Å²) in [6.07, 6.45) is 4.88. The second kappa shape index (κ2) is 4.65. The van der Waals surface area contributed by atoms with Crippen molar-refractivity contribution in [3.8, 4) is 0 Å². The molecule has 2 heterocycles. The molecular weight excluding hydrogens is 208 g/mol. The lowest BCUT2D eigenvalue weighted by Crippen LogP contribution is -2.13. The van der Waals surface area contributed by atoms with E-state index in [1.165, 1.54) is 0 Å². The molecule has 2 aromatic rings.